The summed E-state index contributed by atoms with van der Waals surface area (Å²) in [7, 11) is 0. The third-order valence-electron chi connectivity index (χ3n) is 5.71. The Kier molecular flexibility index (Phi) is 6.35. The van der Waals surface area contributed by atoms with E-state index in [1.54, 1.807) is 23.1 Å². The number of benzene rings is 3. The van der Waals surface area contributed by atoms with Crippen LogP contribution in [0.15, 0.2) is 71.2 Å². The van der Waals surface area contributed by atoms with E-state index in [0.717, 1.165) is 21.2 Å². The highest BCUT2D eigenvalue weighted by molar-refractivity contribution is 9.10. The Labute approximate surface area is 205 Å². The molecule has 0 saturated carbocycles. The minimum Gasteiger partial charge on any atom is -0.305 e. The second kappa shape index (κ2) is 8.89. The first kappa shape index (κ1) is 22.8. The fraction of sp³-hybridized carbons (Fsp3) is 0.200. The number of hydrogen-bond acceptors (Lipinski definition) is 2. The first-order chi connectivity index (χ1) is 15.2. The van der Waals surface area contributed by atoms with Crippen LogP contribution in [0.1, 0.15) is 23.6 Å². The highest BCUT2D eigenvalue weighted by Crippen LogP contribution is 2.38. The molecule has 0 N–H and O–H groups in total. The van der Waals surface area contributed by atoms with E-state index < -0.39 is 11.6 Å². The number of carbonyl (C=O) groups is 2. The molecule has 3 aromatic rings. The van der Waals surface area contributed by atoms with Crippen LogP contribution in [0.4, 0.5) is 10.5 Å². The number of amides is 3. The van der Waals surface area contributed by atoms with Crippen LogP contribution in [0.3, 0.4) is 0 Å². The van der Waals surface area contributed by atoms with Crippen LogP contribution < -0.4 is 4.90 Å². The summed E-state index contributed by atoms with van der Waals surface area (Å²) in [5.74, 6) is -0.309. The van der Waals surface area contributed by atoms with E-state index >= 15 is 0 Å². The largest absolute Gasteiger partial charge is 0.332 e. The summed E-state index contributed by atoms with van der Waals surface area (Å²) in [6, 6.07) is 20.1. The molecule has 0 aromatic heterocycles. The lowest BCUT2D eigenvalue weighted by Gasteiger charge is -2.32. The first-order valence-electron chi connectivity index (χ1n) is 10.1. The van der Waals surface area contributed by atoms with Gasteiger partial charge in [-0.25, -0.2) is 9.69 Å². The number of carbonyl (C=O) groups excluding carboxylic acids is 2. The minimum atomic E-state index is -1.08. The third-order valence-corrected chi connectivity index (χ3v) is 6.68. The number of halogens is 3. The maximum Gasteiger partial charge on any atom is 0.332 e. The number of hydrogen-bond donors (Lipinski definition) is 0. The summed E-state index contributed by atoms with van der Waals surface area (Å²) in [6.07, 6.45) is 0.377. The molecule has 164 valence electrons. The van der Waals surface area contributed by atoms with Gasteiger partial charge in [0.25, 0.3) is 5.91 Å². The molecule has 3 aromatic carbocycles. The van der Waals surface area contributed by atoms with E-state index in [1.807, 2.05) is 62.4 Å². The van der Waals surface area contributed by atoms with Gasteiger partial charge in [0.15, 0.2) is 0 Å². The maximum absolute atomic E-state index is 13.8. The minimum absolute atomic E-state index is 0.308. The van der Waals surface area contributed by atoms with Crippen molar-refractivity contribution in [2.45, 2.75) is 32.4 Å². The van der Waals surface area contributed by atoms with Crippen LogP contribution in [0.25, 0.3) is 0 Å². The van der Waals surface area contributed by atoms with E-state index in [1.165, 1.54) is 4.90 Å². The molecular formula is C25H21BrCl2N2O2. The van der Waals surface area contributed by atoms with E-state index in [4.69, 9.17) is 23.2 Å². The van der Waals surface area contributed by atoms with Crippen molar-refractivity contribution >= 4 is 56.8 Å². The molecule has 3 amide bonds. The van der Waals surface area contributed by atoms with Crippen molar-refractivity contribution < 1.29 is 9.59 Å². The van der Waals surface area contributed by atoms with Gasteiger partial charge in [-0.1, -0.05) is 81.1 Å². The van der Waals surface area contributed by atoms with Crippen LogP contribution in [0.2, 0.25) is 10.0 Å². The standard InChI is InChI=1S/C25H21BrCl2N2O2/c1-16-3-5-18(6-4-16)15-29-24(32)30(22-12-20(27)11-21(28)13-22)23(31)25(29,2)14-17-7-9-19(26)10-8-17/h3-13H,14-15H2,1-2H3/t25-/m1/s1. The quantitative estimate of drug-likeness (QED) is 0.331. The van der Waals surface area contributed by atoms with Crippen LogP contribution in [0, 0.1) is 6.92 Å². The molecule has 32 heavy (non-hydrogen) atoms. The van der Waals surface area contributed by atoms with E-state index in [0.29, 0.717) is 28.7 Å². The number of nitrogens with zero attached hydrogens (tertiary/aromatic N) is 2. The predicted molar refractivity (Wildman–Crippen MR) is 132 cm³/mol. The highest BCUT2D eigenvalue weighted by atomic mass is 79.9. The lowest BCUT2D eigenvalue weighted by molar-refractivity contribution is -0.124. The van der Waals surface area contributed by atoms with Crippen molar-refractivity contribution in [2.24, 2.45) is 0 Å². The molecule has 1 saturated heterocycles. The predicted octanol–water partition coefficient (Wildman–Crippen LogP) is 7.03. The molecule has 1 heterocycles. The Morgan fingerprint density at radius 2 is 1.44 bits per heavy atom. The van der Waals surface area contributed by atoms with Gasteiger partial charge < -0.3 is 4.90 Å². The van der Waals surface area contributed by atoms with E-state index in [2.05, 4.69) is 15.9 Å². The van der Waals surface area contributed by atoms with Crippen molar-refractivity contribution in [1.29, 1.82) is 0 Å². The van der Waals surface area contributed by atoms with Crippen molar-refractivity contribution in [3.8, 4) is 0 Å². The van der Waals surface area contributed by atoms with Crippen molar-refractivity contribution in [3.63, 3.8) is 0 Å². The smallest absolute Gasteiger partial charge is 0.305 e. The van der Waals surface area contributed by atoms with Gasteiger partial charge in [-0.2, -0.15) is 0 Å². The van der Waals surface area contributed by atoms with Crippen LogP contribution in [-0.2, 0) is 17.8 Å². The summed E-state index contributed by atoms with van der Waals surface area (Å²) < 4.78 is 0.951. The Morgan fingerprint density at radius 3 is 2.03 bits per heavy atom. The summed E-state index contributed by atoms with van der Waals surface area (Å²) >= 11 is 15.8. The lowest BCUT2D eigenvalue weighted by atomic mass is 9.90. The molecule has 4 nitrogen and oxygen atoms in total. The normalized spacial score (nSPS) is 18.5. The van der Waals surface area contributed by atoms with Gasteiger partial charge in [0.2, 0.25) is 0 Å². The Balaban J connectivity index is 1.77. The molecule has 1 aliphatic heterocycles. The second-order valence-electron chi connectivity index (χ2n) is 8.20. The summed E-state index contributed by atoms with van der Waals surface area (Å²) in [4.78, 5) is 30.2. The van der Waals surface area contributed by atoms with Gasteiger partial charge in [0.1, 0.15) is 5.54 Å². The monoisotopic (exact) mass is 530 g/mol. The van der Waals surface area contributed by atoms with Gasteiger partial charge in [-0.15, -0.1) is 0 Å². The summed E-state index contributed by atoms with van der Waals surface area (Å²) in [5.41, 5.74) is 2.32. The van der Waals surface area contributed by atoms with Crippen molar-refractivity contribution in [1.82, 2.24) is 4.90 Å². The van der Waals surface area contributed by atoms with Gasteiger partial charge in [0.05, 0.1) is 5.69 Å². The SMILES string of the molecule is Cc1ccc(CN2C(=O)N(c3cc(Cl)cc(Cl)c3)C(=O)[C@@]2(C)Cc2ccc(Br)cc2)cc1. The molecule has 4 rings (SSSR count). The molecule has 1 atom stereocenters. The van der Waals surface area contributed by atoms with E-state index in [9.17, 15) is 9.59 Å². The summed E-state index contributed by atoms with van der Waals surface area (Å²) in [6.45, 7) is 4.13. The molecular weight excluding hydrogens is 511 g/mol. The number of urea groups is 1. The molecule has 1 fully saturated rings. The molecule has 0 bridgehead atoms. The van der Waals surface area contributed by atoms with Crippen molar-refractivity contribution in [3.05, 3.63) is 97.9 Å². The Bertz CT molecular complexity index is 1160. The number of aryl methyl sites for hydroxylation is 1. The zero-order chi connectivity index (χ0) is 23.0. The Hall–Kier alpha value is -2.34. The zero-order valence-electron chi connectivity index (χ0n) is 17.6. The second-order valence-corrected chi connectivity index (χ2v) is 9.99. The van der Waals surface area contributed by atoms with Crippen LogP contribution in [-0.4, -0.2) is 22.4 Å². The van der Waals surface area contributed by atoms with Crippen molar-refractivity contribution in [2.75, 3.05) is 4.90 Å². The maximum atomic E-state index is 13.8. The summed E-state index contributed by atoms with van der Waals surface area (Å²) in [5, 5.41) is 0.722. The number of anilines is 1. The fourth-order valence-electron chi connectivity index (χ4n) is 3.96. The van der Waals surface area contributed by atoms with Gasteiger partial charge in [0, 0.05) is 27.5 Å². The highest BCUT2D eigenvalue weighted by Gasteiger charge is 2.54. The lowest BCUT2D eigenvalue weighted by Crippen LogP contribution is -2.48. The molecule has 1 aliphatic rings. The molecule has 0 radical (unpaired) electrons. The number of rotatable bonds is 5. The zero-order valence-corrected chi connectivity index (χ0v) is 20.7. The number of imide groups is 1. The average Bonchev–Trinajstić information content (AvgIpc) is 2.91. The Morgan fingerprint density at radius 1 is 0.875 bits per heavy atom. The van der Waals surface area contributed by atoms with E-state index in [-0.39, 0.29) is 5.91 Å². The topological polar surface area (TPSA) is 40.6 Å². The third kappa shape index (κ3) is 4.42. The fourth-order valence-corrected chi connectivity index (χ4v) is 4.74. The van der Waals surface area contributed by atoms with Crippen LogP contribution >= 0.6 is 39.1 Å². The molecule has 0 unspecified atom stereocenters. The molecule has 7 heteroatoms. The van der Waals surface area contributed by atoms with Gasteiger partial charge in [-0.3, -0.25) is 4.79 Å². The van der Waals surface area contributed by atoms with Gasteiger partial charge >= 0.3 is 6.03 Å². The van der Waals surface area contributed by atoms with Gasteiger partial charge in [-0.05, 0) is 55.3 Å². The first-order valence-corrected chi connectivity index (χ1v) is 11.6. The average molecular weight is 532 g/mol. The molecule has 0 aliphatic carbocycles. The van der Waals surface area contributed by atoms with Crippen LogP contribution in [0.5, 0.6) is 0 Å². The molecule has 0 spiro atoms.